The van der Waals surface area contributed by atoms with E-state index >= 15 is 0 Å². The number of anilines is 1. The average molecular weight is 267 g/mol. The quantitative estimate of drug-likeness (QED) is 0.927. The van der Waals surface area contributed by atoms with Gasteiger partial charge in [0.1, 0.15) is 0 Å². The highest BCUT2D eigenvalue weighted by molar-refractivity contribution is 5.88. The Morgan fingerprint density at radius 2 is 1.95 bits per heavy atom. The van der Waals surface area contributed by atoms with Gasteiger partial charge < -0.3 is 10.0 Å². The van der Waals surface area contributed by atoms with Crippen LogP contribution in [0.3, 0.4) is 0 Å². The van der Waals surface area contributed by atoms with Crippen LogP contribution < -0.4 is 4.90 Å². The van der Waals surface area contributed by atoms with Crippen molar-refractivity contribution < 1.29 is 9.90 Å². The highest BCUT2D eigenvalue weighted by Crippen LogP contribution is 2.29. The fourth-order valence-electron chi connectivity index (χ4n) is 2.78. The second-order valence-electron chi connectivity index (χ2n) is 5.16. The zero-order valence-electron chi connectivity index (χ0n) is 11.2. The molecule has 0 aromatic heterocycles. The minimum Gasteiger partial charge on any atom is -0.478 e. The van der Waals surface area contributed by atoms with Gasteiger partial charge in [0, 0.05) is 18.8 Å². The molecule has 0 unspecified atom stereocenters. The highest BCUT2D eigenvalue weighted by atomic mass is 16.4. The molecule has 3 nitrogen and oxygen atoms in total. The van der Waals surface area contributed by atoms with E-state index in [1.165, 1.54) is 11.3 Å². The Bertz CT molecular complexity index is 622. The Labute approximate surface area is 118 Å². The second-order valence-corrected chi connectivity index (χ2v) is 5.16. The summed E-state index contributed by atoms with van der Waals surface area (Å²) < 4.78 is 0. The summed E-state index contributed by atoms with van der Waals surface area (Å²) >= 11 is 0. The third-order valence-corrected chi connectivity index (χ3v) is 3.76. The molecular formula is C17H17NO2. The minimum absolute atomic E-state index is 0.380. The molecule has 20 heavy (non-hydrogen) atoms. The molecule has 0 radical (unpaired) electrons. The number of hydrogen-bond donors (Lipinski definition) is 1. The Balaban J connectivity index is 1.88. The molecule has 1 heterocycles. The van der Waals surface area contributed by atoms with Crippen LogP contribution in [0.5, 0.6) is 0 Å². The largest absolute Gasteiger partial charge is 0.478 e. The summed E-state index contributed by atoms with van der Waals surface area (Å²) in [7, 11) is 0. The number of hydrogen-bond acceptors (Lipinski definition) is 2. The van der Waals surface area contributed by atoms with Crippen molar-refractivity contribution in [3.63, 3.8) is 0 Å². The van der Waals surface area contributed by atoms with Crippen LogP contribution in [-0.4, -0.2) is 17.6 Å². The van der Waals surface area contributed by atoms with Gasteiger partial charge in [0.05, 0.1) is 5.56 Å². The normalized spacial score (nSPS) is 13.9. The van der Waals surface area contributed by atoms with E-state index in [9.17, 15) is 4.79 Å². The van der Waals surface area contributed by atoms with Crippen molar-refractivity contribution in [3.8, 4) is 0 Å². The lowest BCUT2D eigenvalue weighted by molar-refractivity contribution is 0.0697. The molecule has 1 aliphatic heterocycles. The van der Waals surface area contributed by atoms with E-state index < -0.39 is 5.97 Å². The molecule has 0 bridgehead atoms. The van der Waals surface area contributed by atoms with Crippen molar-refractivity contribution >= 4 is 11.7 Å². The first-order chi connectivity index (χ1) is 9.74. The van der Waals surface area contributed by atoms with E-state index in [0.29, 0.717) is 5.56 Å². The lowest BCUT2D eigenvalue weighted by Crippen LogP contribution is -2.29. The fraction of sp³-hybridized carbons (Fsp3) is 0.235. The van der Waals surface area contributed by atoms with E-state index in [1.807, 2.05) is 30.3 Å². The molecular weight excluding hydrogens is 250 g/mol. The minimum atomic E-state index is -0.854. The number of carboxylic acids is 1. The van der Waals surface area contributed by atoms with Crippen molar-refractivity contribution in [2.24, 2.45) is 0 Å². The van der Waals surface area contributed by atoms with Crippen LogP contribution in [-0.2, 0) is 13.0 Å². The van der Waals surface area contributed by atoms with E-state index in [0.717, 1.165) is 31.5 Å². The molecule has 0 amide bonds. The molecule has 3 heteroatoms. The van der Waals surface area contributed by atoms with E-state index in [4.69, 9.17) is 5.11 Å². The van der Waals surface area contributed by atoms with Crippen LogP contribution in [0.2, 0.25) is 0 Å². The molecule has 2 aromatic carbocycles. The van der Waals surface area contributed by atoms with Crippen LogP contribution in [0.25, 0.3) is 0 Å². The third-order valence-electron chi connectivity index (χ3n) is 3.76. The maximum absolute atomic E-state index is 11.0. The molecule has 0 aliphatic carbocycles. The van der Waals surface area contributed by atoms with Crippen molar-refractivity contribution in [1.29, 1.82) is 0 Å². The molecule has 1 N–H and O–H groups in total. The molecule has 102 valence electrons. The zero-order valence-corrected chi connectivity index (χ0v) is 11.2. The van der Waals surface area contributed by atoms with Gasteiger partial charge in [0.25, 0.3) is 0 Å². The molecule has 2 aromatic rings. The third kappa shape index (κ3) is 2.52. The Hall–Kier alpha value is -2.29. The summed E-state index contributed by atoms with van der Waals surface area (Å²) in [4.78, 5) is 13.4. The standard InChI is InChI=1S/C17H17NO2/c19-17(20)15-8-9-16-14(11-15)7-4-10-18(16)12-13-5-2-1-3-6-13/h1-3,5-6,8-9,11H,4,7,10,12H2,(H,19,20). The number of benzene rings is 2. The van der Waals surface area contributed by atoms with Gasteiger partial charge >= 0.3 is 5.97 Å². The molecule has 0 saturated heterocycles. The predicted molar refractivity (Wildman–Crippen MR) is 79.2 cm³/mol. The van der Waals surface area contributed by atoms with Crippen molar-refractivity contribution in [1.82, 2.24) is 0 Å². The predicted octanol–water partition coefficient (Wildman–Crippen LogP) is 3.34. The Morgan fingerprint density at radius 3 is 2.70 bits per heavy atom. The zero-order chi connectivity index (χ0) is 13.9. The van der Waals surface area contributed by atoms with Crippen molar-refractivity contribution in [3.05, 3.63) is 65.2 Å². The highest BCUT2D eigenvalue weighted by Gasteiger charge is 2.18. The molecule has 0 spiro atoms. The summed E-state index contributed by atoms with van der Waals surface area (Å²) in [6.45, 7) is 1.90. The van der Waals surface area contributed by atoms with Gasteiger partial charge in [-0.25, -0.2) is 4.79 Å². The summed E-state index contributed by atoms with van der Waals surface area (Å²) in [5.41, 5.74) is 3.98. The lowest BCUT2D eigenvalue weighted by atomic mass is 9.98. The first kappa shape index (κ1) is 12.7. The number of rotatable bonds is 3. The van der Waals surface area contributed by atoms with Gasteiger partial charge in [-0.15, -0.1) is 0 Å². The average Bonchev–Trinajstić information content (AvgIpc) is 2.48. The first-order valence-corrected chi connectivity index (χ1v) is 6.89. The molecule has 0 fully saturated rings. The summed E-state index contributed by atoms with van der Waals surface area (Å²) in [5.74, 6) is -0.854. The van der Waals surface area contributed by atoms with Crippen LogP contribution >= 0.6 is 0 Å². The fourth-order valence-corrected chi connectivity index (χ4v) is 2.78. The topological polar surface area (TPSA) is 40.5 Å². The first-order valence-electron chi connectivity index (χ1n) is 6.89. The number of aryl methyl sites for hydroxylation is 1. The van der Waals surface area contributed by atoms with E-state index in [-0.39, 0.29) is 0 Å². The lowest BCUT2D eigenvalue weighted by Gasteiger charge is -2.31. The Kier molecular flexibility index (Phi) is 3.42. The number of carbonyl (C=O) groups is 1. The number of fused-ring (bicyclic) bond motifs is 1. The van der Waals surface area contributed by atoms with E-state index in [2.05, 4.69) is 17.0 Å². The van der Waals surface area contributed by atoms with E-state index in [1.54, 1.807) is 6.07 Å². The van der Waals surface area contributed by atoms with Crippen molar-refractivity contribution in [2.45, 2.75) is 19.4 Å². The smallest absolute Gasteiger partial charge is 0.335 e. The van der Waals surface area contributed by atoms with Gasteiger partial charge in [-0.3, -0.25) is 0 Å². The van der Waals surface area contributed by atoms with Crippen LogP contribution in [0.4, 0.5) is 5.69 Å². The second kappa shape index (κ2) is 5.37. The number of nitrogens with zero attached hydrogens (tertiary/aromatic N) is 1. The van der Waals surface area contributed by atoms with Crippen LogP contribution in [0.1, 0.15) is 27.9 Å². The maximum Gasteiger partial charge on any atom is 0.335 e. The van der Waals surface area contributed by atoms with Crippen molar-refractivity contribution in [2.75, 3.05) is 11.4 Å². The SMILES string of the molecule is O=C(O)c1ccc2c(c1)CCCN2Cc1ccccc1. The summed E-state index contributed by atoms with van der Waals surface area (Å²) in [6, 6.07) is 15.8. The van der Waals surface area contributed by atoms with Gasteiger partial charge in [-0.1, -0.05) is 30.3 Å². The molecule has 3 rings (SSSR count). The number of aromatic carboxylic acids is 1. The van der Waals surface area contributed by atoms with Crippen LogP contribution in [0, 0.1) is 0 Å². The monoisotopic (exact) mass is 267 g/mol. The number of carboxylic acid groups (broad SMARTS) is 1. The van der Waals surface area contributed by atoms with Gasteiger partial charge in [-0.2, -0.15) is 0 Å². The molecule has 0 atom stereocenters. The summed E-state index contributed by atoms with van der Waals surface area (Å²) in [6.07, 6.45) is 2.03. The summed E-state index contributed by atoms with van der Waals surface area (Å²) in [5, 5.41) is 9.07. The maximum atomic E-state index is 11.0. The van der Waals surface area contributed by atoms with Crippen LogP contribution in [0.15, 0.2) is 48.5 Å². The van der Waals surface area contributed by atoms with Gasteiger partial charge in [0.2, 0.25) is 0 Å². The molecule has 0 saturated carbocycles. The van der Waals surface area contributed by atoms with Gasteiger partial charge in [0.15, 0.2) is 0 Å². The Morgan fingerprint density at radius 1 is 1.15 bits per heavy atom. The molecule has 1 aliphatic rings. The van der Waals surface area contributed by atoms with Gasteiger partial charge in [-0.05, 0) is 42.2 Å².